The third kappa shape index (κ3) is 6.82. The lowest BCUT2D eigenvalue weighted by atomic mass is 9.99. The van der Waals surface area contributed by atoms with Crippen LogP contribution in [0.15, 0.2) is 54.6 Å². The first-order chi connectivity index (χ1) is 13.4. The van der Waals surface area contributed by atoms with E-state index in [1.54, 1.807) is 4.90 Å². The van der Waals surface area contributed by atoms with Crippen LogP contribution in [0.3, 0.4) is 0 Å². The maximum Gasteiger partial charge on any atom is 0.221 e. The lowest BCUT2D eigenvalue weighted by Crippen LogP contribution is -2.36. The second kappa shape index (κ2) is 10.6. The number of amides is 2. The van der Waals surface area contributed by atoms with Gasteiger partial charge in [0.25, 0.3) is 0 Å². The number of rotatable bonds is 9. The Morgan fingerprint density at radius 2 is 1.61 bits per heavy atom. The highest BCUT2D eigenvalue weighted by atomic mass is 16.2. The van der Waals surface area contributed by atoms with Crippen LogP contribution in [0.1, 0.15) is 55.8 Å². The molecule has 0 saturated heterocycles. The molecule has 0 bridgehead atoms. The van der Waals surface area contributed by atoms with Crippen LogP contribution in [0.2, 0.25) is 0 Å². The van der Waals surface area contributed by atoms with Crippen molar-refractivity contribution in [2.24, 2.45) is 5.73 Å². The summed E-state index contributed by atoms with van der Waals surface area (Å²) < 4.78 is 0. The molecular weight excluding hydrogens is 350 g/mol. The highest BCUT2D eigenvalue weighted by molar-refractivity contribution is 5.78. The first-order valence-corrected chi connectivity index (χ1v) is 9.78. The molecule has 1 atom stereocenters. The average Bonchev–Trinajstić information content (AvgIpc) is 2.69. The Labute approximate surface area is 167 Å². The van der Waals surface area contributed by atoms with E-state index in [2.05, 4.69) is 31.3 Å². The standard InChI is InChI=1S/C23H31N3O2/c1-17(2)20-9-11-21(12-10-20)22(24)15-25-23(28)13-14-26(18(3)27)16-19-7-5-4-6-8-19/h4-12,17,22H,13-16,24H2,1-3H3,(H,25,28). The first-order valence-electron chi connectivity index (χ1n) is 9.78. The third-order valence-corrected chi connectivity index (χ3v) is 4.82. The molecule has 2 rings (SSSR count). The van der Waals surface area contributed by atoms with Crippen LogP contribution in [-0.2, 0) is 16.1 Å². The second-order valence-corrected chi connectivity index (χ2v) is 7.41. The number of hydrogen-bond donors (Lipinski definition) is 2. The summed E-state index contributed by atoms with van der Waals surface area (Å²) >= 11 is 0. The van der Waals surface area contributed by atoms with E-state index < -0.39 is 0 Å². The van der Waals surface area contributed by atoms with Gasteiger partial charge in [-0.1, -0.05) is 68.4 Å². The van der Waals surface area contributed by atoms with E-state index in [9.17, 15) is 9.59 Å². The molecule has 2 amide bonds. The van der Waals surface area contributed by atoms with Crippen LogP contribution in [0.25, 0.3) is 0 Å². The first kappa shape index (κ1) is 21.6. The SMILES string of the molecule is CC(=O)N(CCC(=O)NCC(N)c1ccc(C(C)C)cc1)Cc1ccccc1. The van der Waals surface area contributed by atoms with E-state index in [0.29, 0.717) is 25.6 Å². The van der Waals surface area contributed by atoms with Gasteiger partial charge in [-0.3, -0.25) is 9.59 Å². The van der Waals surface area contributed by atoms with Crippen molar-refractivity contribution in [2.45, 2.75) is 45.7 Å². The molecule has 2 aromatic rings. The summed E-state index contributed by atoms with van der Waals surface area (Å²) in [5.74, 6) is 0.331. The predicted octanol–water partition coefficient (Wildman–Crippen LogP) is 3.36. The Bertz CT molecular complexity index is 757. The molecule has 3 N–H and O–H groups in total. The van der Waals surface area contributed by atoms with Crippen LogP contribution < -0.4 is 11.1 Å². The van der Waals surface area contributed by atoms with E-state index in [-0.39, 0.29) is 24.3 Å². The van der Waals surface area contributed by atoms with Crippen LogP contribution in [0, 0.1) is 0 Å². The lowest BCUT2D eigenvalue weighted by Gasteiger charge is -2.21. The van der Waals surface area contributed by atoms with Crippen molar-refractivity contribution in [2.75, 3.05) is 13.1 Å². The summed E-state index contributed by atoms with van der Waals surface area (Å²) in [5.41, 5.74) is 9.51. The highest BCUT2D eigenvalue weighted by Crippen LogP contribution is 2.17. The second-order valence-electron chi connectivity index (χ2n) is 7.41. The van der Waals surface area contributed by atoms with Gasteiger partial charge in [0, 0.05) is 39.0 Å². The Morgan fingerprint density at radius 1 is 1.00 bits per heavy atom. The molecule has 0 heterocycles. The predicted molar refractivity (Wildman–Crippen MR) is 113 cm³/mol. The van der Waals surface area contributed by atoms with E-state index >= 15 is 0 Å². The number of hydrogen-bond acceptors (Lipinski definition) is 3. The number of carbonyl (C=O) groups excluding carboxylic acids is 2. The summed E-state index contributed by atoms with van der Waals surface area (Å²) in [6.45, 7) is 7.09. The largest absolute Gasteiger partial charge is 0.354 e. The van der Waals surface area contributed by atoms with Gasteiger partial charge in [0.05, 0.1) is 0 Å². The van der Waals surface area contributed by atoms with Crippen molar-refractivity contribution in [1.82, 2.24) is 10.2 Å². The normalized spacial score (nSPS) is 11.9. The minimum atomic E-state index is -0.251. The molecule has 0 aliphatic heterocycles. The Hall–Kier alpha value is -2.66. The molecular formula is C23H31N3O2. The molecule has 0 spiro atoms. The number of nitrogens with one attached hydrogen (secondary N) is 1. The molecule has 5 nitrogen and oxygen atoms in total. The lowest BCUT2D eigenvalue weighted by molar-refractivity contribution is -0.130. The molecule has 5 heteroatoms. The zero-order valence-electron chi connectivity index (χ0n) is 17.0. The summed E-state index contributed by atoms with van der Waals surface area (Å²) in [4.78, 5) is 25.7. The van der Waals surface area contributed by atoms with Gasteiger partial charge < -0.3 is 16.0 Å². The van der Waals surface area contributed by atoms with E-state index in [0.717, 1.165) is 11.1 Å². The number of nitrogens with zero attached hydrogens (tertiary/aromatic N) is 1. The highest BCUT2D eigenvalue weighted by Gasteiger charge is 2.13. The summed E-state index contributed by atoms with van der Waals surface area (Å²) in [6, 6.07) is 17.7. The quantitative estimate of drug-likeness (QED) is 0.699. The maximum absolute atomic E-state index is 12.2. The number of nitrogens with two attached hydrogens (primary N) is 1. The van der Waals surface area contributed by atoms with E-state index in [1.807, 2.05) is 42.5 Å². The Morgan fingerprint density at radius 3 is 2.18 bits per heavy atom. The third-order valence-electron chi connectivity index (χ3n) is 4.82. The van der Waals surface area contributed by atoms with Gasteiger partial charge in [-0.2, -0.15) is 0 Å². The van der Waals surface area contributed by atoms with Crippen LogP contribution >= 0.6 is 0 Å². The molecule has 0 aliphatic carbocycles. The topological polar surface area (TPSA) is 75.4 Å². The van der Waals surface area contributed by atoms with E-state index in [1.165, 1.54) is 12.5 Å². The van der Waals surface area contributed by atoms with Gasteiger partial charge in [0.1, 0.15) is 0 Å². The number of benzene rings is 2. The molecule has 0 saturated carbocycles. The molecule has 150 valence electrons. The summed E-state index contributed by atoms with van der Waals surface area (Å²) in [6.07, 6.45) is 0.255. The van der Waals surface area contributed by atoms with Crippen LogP contribution in [0.4, 0.5) is 0 Å². The Balaban J connectivity index is 1.79. The monoisotopic (exact) mass is 381 g/mol. The fraction of sp³-hybridized carbons (Fsp3) is 0.391. The van der Waals surface area contributed by atoms with Crippen molar-refractivity contribution >= 4 is 11.8 Å². The minimum absolute atomic E-state index is 0.0430. The smallest absolute Gasteiger partial charge is 0.221 e. The molecule has 0 radical (unpaired) electrons. The van der Waals surface area contributed by atoms with Gasteiger partial charge in [-0.05, 0) is 22.6 Å². The van der Waals surface area contributed by atoms with Gasteiger partial charge in [0.2, 0.25) is 11.8 Å². The van der Waals surface area contributed by atoms with Gasteiger partial charge >= 0.3 is 0 Å². The Kier molecular flexibility index (Phi) is 8.20. The zero-order valence-corrected chi connectivity index (χ0v) is 17.0. The number of carbonyl (C=O) groups is 2. The van der Waals surface area contributed by atoms with Crippen LogP contribution in [-0.4, -0.2) is 29.8 Å². The fourth-order valence-corrected chi connectivity index (χ4v) is 2.95. The zero-order chi connectivity index (χ0) is 20.5. The van der Waals surface area contributed by atoms with Gasteiger partial charge in [-0.25, -0.2) is 0 Å². The van der Waals surface area contributed by atoms with E-state index in [4.69, 9.17) is 5.73 Å². The van der Waals surface area contributed by atoms with Gasteiger partial charge in [0.15, 0.2) is 0 Å². The molecule has 28 heavy (non-hydrogen) atoms. The molecule has 2 aromatic carbocycles. The van der Waals surface area contributed by atoms with Crippen molar-refractivity contribution in [1.29, 1.82) is 0 Å². The molecule has 0 aliphatic rings. The summed E-state index contributed by atoms with van der Waals surface area (Å²) in [7, 11) is 0. The summed E-state index contributed by atoms with van der Waals surface area (Å²) in [5, 5.41) is 2.87. The van der Waals surface area contributed by atoms with Crippen molar-refractivity contribution < 1.29 is 9.59 Å². The minimum Gasteiger partial charge on any atom is -0.354 e. The fourth-order valence-electron chi connectivity index (χ4n) is 2.95. The molecule has 0 fully saturated rings. The van der Waals surface area contributed by atoms with Gasteiger partial charge in [-0.15, -0.1) is 0 Å². The van der Waals surface area contributed by atoms with Crippen LogP contribution in [0.5, 0.6) is 0 Å². The molecule has 0 aromatic heterocycles. The maximum atomic E-state index is 12.2. The average molecular weight is 382 g/mol. The van der Waals surface area contributed by atoms with Crippen molar-refractivity contribution in [3.8, 4) is 0 Å². The van der Waals surface area contributed by atoms with Crippen molar-refractivity contribution in [3.05, 3.63) is 71.3 Å². The van der Waals surface area contributed by atoms with Crippen molar-refractivity contribution in [3.63, 3.8) is 0 Å². The molecule has 1 unspecified atom stereocenters.